The fourth-order valence-corrected chi connectivity index (χ4v) is 3.31. The summed E-state index contributed by atoms with van der Waals surface area (Å²) in [5, 5.41) is 13.3. The minimum atomic E-state index is 0.245. The van der Waals surface area contributed by atoms with E-state index in [-0.39, 0.29) is 6.04 Å². The molecule has 0 aliphatic carbocycles. The maximum absolute atomic E-state index is 9.24. The van der Waals surface area contributed by atoms with E-state index < -0.39 is 0 Å². The Kier molecular flexibility index (Phi) is 5.75. The molecule has 0 radical (unpaired) electrons. The highest BCUT2D eigenvalue weighted by Gasteiger charge is 2.19. The number of rotatable bonds is 5. The average molecular weight is 356 g/mol. The Morgan fingerprint density at radius 2 is 2.04 bits per heavy atom. The van der Waals surface area contributed by atoms with Crippen molar-refractivity contribution in [1.82, 2.24) is 9.88 Å². The summed E-state index contributed by atoms with van der Waals surface area (Å²) >= 11 is 5.96. The summed E-state index contributed by atoms with van der Waals surface area (Å²) in [5.74, 6) is 1.05. The summed E-state index contributed by atoms with van der Waals surface area (Å²) in [5.41, 5.74) is 1.42. The van der Waals surface area contributed by atoms with Crippen molar-refractivity contribution in [1.29, 1.82) is 5.26 Å². The molecule has 1 saturated heterocycles. The Balaban J connectivity index is 1.51. The highest BCUT2D eigenvalue weighted by Crippen LogP contribution is 2.21. The largest absolute Gasteiger partial charge is 0.380 e. The van der Waals surface area contributed by atoms with Gasteiger partial charge >= 0.3 is 0 Å². The van der Waals surface area contributed by atoms with Crippen LogP contribution in [0.1, 0.15) is 12.5 Å². The Labute approximate surface area is 153 Å². The number of aromatic nitrogens is 1. The van der Waals surface area contributed by atoms with Gasteiger partial charge in [0.1, 0.15) is 11.9 Å². The molecule has 2 heterocycles. The van der Waals surface area contributed by atoms with Crippen LogP contribution in [0.15, 0.2) is 42.6 Å². The first-order valence-corrected chi connectivity index (χ1v) is 8.88. The molecule has 130 valence electrons. The highest BCUT2D eigenvalue weighted by atomic mass is 35.5. The van der Waals surface area contributed by atoms with Gasteiger partial charge in [-0.05, 0) is 37.3 Å². The SMILES string of the molecule is CC(CN1CCN(c2ccccn2)CC1)Nc1ccc(Cl)cc1C#N. The van der Waals surface area contributed by atoms with Crippen molar-refractivity contribution in [2.24, 2.45) is 0 Å². The first-order chi connectivity index (χ1) is 12.2. The lowest BCUT2D eigenvalue weighted by atomic mass is 10.1. The van der Waals surface area contributed by atoms with Crippen LogP contribution in [0, 0.1) is 11.3 Å². The molecule has 5 nitrogen and oxygen atoms in total. The van der Waals surface area contributed by atoms with Crippen molar-refractivity contribution < 1.29 is 0 Å². The molecule has 3 rings (SSSR count). The highest BCUT2D eigenvalue weighted by molar-refractivity contribution is 6.30. The molecule has 1 fully saturated rings. The predicted molar refractivity (Wildman–Crippen MR) is 102 cm³/mol. The van der Waals surface area contributed by atoms with Gasteiger partial charge in [-0.3, -0.25) is 4.90 Å². The molecule has 1 N–H and O–H groups in total. The third kappa shape index (κ3) is 4.62. The minimum absolute atomic E-state index is 0.245. The van der Waals surface area contributed by atoms with Gasteiger partial charge in [0.2, 0.25) is 0 Å². The van der Waals surface area contributed by atoms with Crippen LogP contribution in [0.4, 0.5) is 11.5 Å². The average Bonchev–Trinajstić information content (AvgIpc) is 2.64. The molecule has 1 aromatic heterocycles. The molecule has 1 aromatic carbocycles. The first kappa shape index (κ1) is 17.5. The fraction of sp³-hybridized carbons (Fsp3) is 0.368. The first-order valence-electron chi connectivity index (χ1n) is 8.50. The zero-order chi connectivity index (χ0) is 17.6. The van der Waals surface area contributed by atoms with Crippen LogP contribution in [-0.2, 0) is 0 Å². The van der Waals surface area contributed by atoms with Crippen molar-refractivity contribution in [2.45, 2.75) is 13.0 Å². The van der Waals surface area contributed by atoms with Gasteiger partial charge < -0.3 is 10.2 Å². The molecule has 1 aliphatic rings. The number of nitriles is 1. The lowest BCUT2D eigenvalue weighted by molar-refractivity contribution is 0.250. The van der Waals surface area contributed by atoms with E-state index in [9.17, 15) is 5.26 Å². The van der Waals surface area contributed by atoms with E-state index in [1.807, 2.05) is 30.5 Å². The van der Waals surface area contributed by atoms with Crippen LogP contribution in [0.25, 0.3) is 0 Å². The van der Waals surface area contributed by atoms with Crippen LogP contribution in [0.3, 0.4) is 0 Å². The molecule has 0 saturated carbocycles. The summed E-state index contributed by atoms with van der Waals surface area (Å²) in [7, 11) is 0. The smallest absolute Gasteiger partial charge is 0.128 e. The Morgan fingerprint density at radius 1 is 1.24 bits per heavy atom. The van der Waals surface area contributed by atoms with E-state index in [2.05, 4.69) is 39.2 Å². The Hall–Kier alpha value is -2.29. The van der Waals surface area contributed by atoms with Gasteiger partial charge in [-0.2, -0.15) is 5.26 Å². The zero-order valence-electron chi connectivity index (χ0n) is 14.3. The summed E-state index contributed by atoms with van der Waals surface area (Å²) < 4.78 is 0. The summed E-state index contributed by atoms with van der Waals surface area (Å²) in [6.45, 7) is 7.05. The molecule has 1 aliphatic heterocycles. The van der Waals surface area contributed by atoms with Gasteiger partial charge in [0.15, 0.2) is 0 Å². The summed E-state index contributed by atoms with van der Waals surface area (Å²) in [6, 6.07) is 13.8. The minimum Gasteiger partial charge on any atom is -0.380 e. The number of pyridine rings is 1. The molecular weight excluding hydrogens is 334 g/mol. The number of hydrogen-bond acceptors (Lipinski definition) is 5. The molecule has 6 heteroatoms. The van der Waals surface area contributed by atoms with Gasteiger partial charge in [-0.25, -0.2) is 4.98 Å². The lowest BCUT2D eigenvalue weighted by Gasteiger charge is -2.36. The maximum Gasteiger partial charge on any atom is 0.128 e. The lowest BCUT2D eigenvalue weighted by Crippen LogP contribution is -2.49. The maximum atomic E-state index is 9.24. The van der Waals surface area contributed by atoms with Crippen LogP contribution in [0.2, 0.25) is 5.02 Å². The number of halogens is 1. The molecular formula is C19H22ClN5. The number of nitrogens with one attached hydrogen (secondary N) is 1. The topological polar surface area (TPSA) is 55.2 Å². The Bertz CT molecular complexity index is 735. The molecule has 0 amide bonds. The molecule has 0 spiro atoms. The van der Waals surface area contributed by atoms with E-state index >= 15 is 0 Å². The molecule has 0 bridgehead atoms. The van der Waals surface area contributed by atoms with Gasteiger partial charge in [0, 0.05) is 50.0 Å². The fourth-order valence-electron chi connectivity index (χ4n) is 3.13. The third-order valence-corrected chi connectivity index (χ3v) is 4.62. The molecule has 1 unspecified atom stereocenters. The van der Waals surface area contributed by atoms with Crippen molar-refractivity contribution in [3.05, 3.63) is 53.2 Å². The number of nitrogens with zero attached hydrogens (tertiary/aromatic N) is 4. The van der Waals surface area contributed by atoms with E-state index in [0.717, 1.165) is 44.2 Å². The Morgan fingerprint density at radius 3 is 2.72 bits per heavy atom. The zero-order valence-corrected chi connectivity index (χ0v) is 15.1. The van der Waals surface area contributed by atoms with Crippen LogP contribution in [-0.4, -0.2) is 48.6 Å². The van der Waals surface area contributed by atoms with Crippen molar-refractivity contribution in [2.75, 3.05) is 42.9 Å². The van der Waals surface area contributed by atoms with Crippen LogP contribution in [0.5, 0.6) is 0 Å². The molecule has 1 atom stereocenters. The monoisotopic (exact) mass is 355 g/mol. The normalized spacial score (nSPS) is 16.3. The number of hydrogen-bond donors (Lipinski definition) is 1. The van der Waals surface area contributed by atoms with Crippen molar-refractivity contribution in [3.63, 3.8) is 0 Å². The number of benzene rings is 1. The van der Waals surface area contributed by atoms with Crippen LogP contribution >= 0.6 is 11.6 Å². The quantitative estimate of drug-likeness (QED) is 0.892. The second-order valence-electron chi connectivity index (χ2n) is 6.32. The van der Waals surface area contributed by atoms with Gasteiger partial charge in [0.05, 0.1) is 11.3 Å². The van der Waals surface area contributed by atoms with E-state index in [4.69, 9.17) is 11.6 Å². The van der Waals surface area contributed by atoms with Crippen molar-refractivity contribution in [3.8, 4) is 6.07 Å². The van der Waals surface area contributed by atoms with E-state index in [1.54, 1.807) is 6.07 Å². The van der Waals surface area contributed by atoms with Gasteiger partial charge in [-0.1, -0.05) is 17.7 Å². The van der Waals surface area contributed by atoms with E-state index in [1.165, 1.54) is 0 Å². The summed E-state index contributed by atoms with van der Waals surface area (Å²) in [4.78, 5) is 9.19. The third-order valence-electron chi connectivity index (χ3n) is 4.38. The standard InChI is InChI=1S/C19H22ClN5/c1-15(23-18-6-5-17(20)12-16(18)13-21)14-24-8-10-25(11-9-24)19-4-2-3-7-22-19/h2-7,12,15,23H,8-11,14H2,1H3. The number of anilines is 2. The van der Waals surface area contributed by atoms with Crippen molar-refractivity contribution >= 4 is 23.1 Å². The molecule has 25 heavy (non-hydrogen) atoms. The second-order valence-corrected chi connectivity index (χ2v) is 6.76. The number of piperazine rings is 1. The van der Waals surface area contributed by atoms with Gasteiger partial charge in [0.25, 0.3) is 0 Å². The van der Waals surface area contributed by atoms with Crippen LogP contribution < -0.4 is 10.2 Å². The second kappa shape index (κ2) is 8.19. The molecule has 2 aromatic rings. The predicted octanol–water partition coefficient (Wildman–Crippen LogP) is 3.23. The van der Waals surface area contributed by atoms with E-state index in [0.29, 0.717) is 10.6 Å². The summed E-state index contributed by atoms with van der Waals surface area (Å²) in [6.07, 6.45) is 1.84. The van der Waals surface area contributed by atoms with Gasteiger partial charge in [-0.15, -0.1) is 0 Å².